The standard InChI is InChI=1S/C43H39N9O7/c53-37(24-51-32-9-3-1-7-30(32)47-42(51)57)49-21-5-11-34(49)39(55)45-28-17-13-26(14-18-28)36-23-44-41(59-36)27-15-19-29(20-16-27)46-40(56)35-12-6-22-50(35)38(54)25-52-33-10-4-2-8-31(33)48-43(52)58/h1-4,7-10,13-20,23,34-35H,5-6,11-12,21-22,24-25H2,(H,45,55)(H,46,56)(H,47,57)(H,48,58). The summed E-state index contributed by atoms with van der Waals surface area (Å²) in [5.41, 5.74) is 4.32. The molecule has 9 rings (SSSR count). The summed E-state index contributed by atoms with van der Waals surface area (Å²) >= 11 is 0. The molecule has 2 aliphatic heterocycles. The van der Waals surface area contributed by atoms with Gasteiger partial charge in [-0.25, -0.2) is 14.6 Å². The lowest BCUT2D eigenvalue weighted by Crippen LogP contribution is -2.45. The zero-order valence-corrected chi connectivity index (χ0v) is 31.7. The van der Waals surface area contributed by atoms with Crippen LogP contribution in [0.1, 0.15) is 25.7 Å². The summed E-state index contributed by atoms with van der Waals surface area (Å²) in [5, 5.41) is 5.84. The van der Waals surface area contributed by atoms with Gasteiger partial charge in [-0.1, -0.05) is 24.3 Å². The van der Waals surface area contributed by atoms with Crippen LogP contribution in [-0.4, -0.2) is 82.7 Å². The number of amides is 4. The van der Waals surface area contributed by atoms with Gasteiger partial charge < -0.3 is 34.8 Å². The summed E-state index contributed by atoms with van der Waals surface area (Å²) < 4.78 is 8.86. The lowest BCUT2D eigenvalue weighted by molar-refractivity contribution is -0.137. The molecule has 7 aromatic rings. The number of aromatic amines is 2. The van der Waals surface area contributed by atoms with Crippen LogP contribution >= 0.6 is 0 Å². The molecule has 0 bridgehead atoms. The first kappa shape index (κ1) is 37.1. The molecule has 4 N–H and O–H groups in total. The maximum absolute atomic E-state index is 13.4. The van der Waals surface area contributed by atoms with Gasteiger partial charge in [0.15, 0.2) is 5.76 Å². The van der Waals surface area contributed by atoms with Crippen molar-refractivity contribution in [3.63, 3.8) is 0 Å². The van der Waals surface area contributed by atoms with Crippen molar-refractivity contribution < 1.29 is 23.6 Å². The number of benzene rings is 4. The molecule has 2 saturated heterocycles. The Bertz CT molecular complexity index is 2660. The van der Waals surface area contributed by atoms with Crippen molar-refractivity contribution in [1.29, 1.82) is 0 Å². The van der Waals surface area contributed by atoms with E-state index in [0.29, 0.717) is 89.4 Å². The molecule has 0 radical (unpaired) electrons. The maximum Gasteiger partial charge on any atom is 0.326 e. The number of nitrogens with one attached hydrogen (secondary N) is 4. The zero-order valence-electron chi connectivity index (χ0n) is 31.7. The summed E-state index contributed by atoms with van der Waals surface area (Å²) in [6.07, 6.45) is 3.99. The Labute approximate surface area is 335 Å². The van der Waals surface area contributed by atoms with Gasteiger partial charge in [-0.15, -0.1) is 0 Å². The summed E-state index contributed by atoms with van der Waals surface area (Å²) in [7, 11) is 0. The fourth-order valence-corrected chi connectivity index (χ4v) is 8.06. The molecule has 0 spiro atoms. The number of hydrogen-bond donors (Lipinski definition) is 4. The van der Waals surface area contributed by atoms with Crippen molar-refractivity contribution in [3.05, 3.63) is 124 Å². The second kappa shape index (κ2) is 15.5. The van der Waals surface area contributed by atoms with E-state index in [4.69, 9.17) is 4.42 Å². The van der Waals surface area contributed by atoms with Crippen LogP contribution < -0.4 is 22.0 Å². The van der Waals surface area contributed by atoms with Crippen LogP contribution in [0.5, 0.6) is 0 Å². The number of anilines is 2. The Morgan fingerprint density at radius 1 is 0.627 bits per heavy atom. The minimum atomic E-state index is -0.659. The molecule has 16 nitrogen and oxygen atoms in total. The number of oxazole rings is 1. The van der Waals surface area contributed by atoms with Crippen LogP contribution in [0, 0.1) is 0 Å². The molecule has 5 heterocycles. The van der Waals surface area contributed by atoms with Gasteiger partial charge in [0.25, 0.3) is 0 Å². The maximum atomic E-state index is 13.4. The second-order valence-corrected chi connectivity index (χ2v) is 14.7. The third-order valence-electron chi connectivity index (χ3n) is 11.0. The van der Waals surface area contributed by atoms with Gasteiger partial charge >= 0.3 is 11.4 Å². The van der Waals surface area contributed by atoms with Crippen molar-refractivity contribution >= 4 is 57.1 Å². The Balaban J connectivity index is 0.794. The topological polar surface area (TPSA) is 200 Å². The SMILES string of the molecule is O=C(Nc1ccc(-c2cnc(-c3ccc(NC(=O)C4CCCN4C(=O)Cn4c(=O)[nH]c5ccccc54)cc3)o2)cc1)C1CCCN1C(=O)Cn1c(=O)[nH]c2ccccc21. The zero-order chi connectivity index (χ0) is 40.6. The van der Waals surface area contributed by atoms with E-state index >= 15 is 0 Å². The Morgan fingerprint density at radius 3 is 1.58 bits per heavy atom. The van der Waals surface area contributed by atoms with Crippen molar-refractivity contribution in [3.8, 4) is 22.8 Å². The van der Waals surface area contributed by atoms with Crippen LogP contribution in [-0.2, 0) is 32.3 Å². The van der Waals surface area contributed by atoms with Gasteiger partial charge in [0.2, 0.25) is 29.5 Å². The first-order chi connectivity index (χ1) is 28.7. The third kappa shape index (κ3) is 7.31. The average Bonchev–Trinajstić information content (AvgIpc) is 4.10. The number of aromatic nitrogens is 5. The molecule has 4 aromatic carbocycles. The highest BCUT2D eigenvalue weighted by molar-refractivity contribution is 5.99. The molecular formula is C43H39N9O7. The van der Waals surface area contributed by atoms with Gasteiger partial charge in [-0.2, -0.15) is 0 Å². The molecule has 298 valence electrons. The van der Waals surface area contributed by atoms with Gasteiger partial charge in [0, 0.05) is 35.6 Å². The van der Waals surface area contributed by atoms with Crippen LogP contribution in [0.25, 0.3) is 44.8 Å². The van der Waals surface area contributed by atoms with Crippen LogP contribution in [0.2, 0.25) is 0 Å². The summed E-state index contributed by atoms with van der Waals surface area (Å²) in [5.74, 6) is -0.321. The molecule has 0 aliphatic carbocycles. The van der Waals surface area contributed by atoms with Gasteiger partial charge in [0.05, 0.1) is 28.3 Å². The molecule has 2 aliphatic rings. The van der Waals surface area contributed by atoms with Crippen molar-refractivity contribution in [2.45, 2.75) is 50.9 Å². The summed E-state index contributed by atoms with van der Waals surface area (Å²) in [4.78, 5) is 91.5. The van der Waals surface area contributed by atoms with Gasteiger partial charge in [-0.3, -0.25) is 28.3 Å². The summed E-state index contributed by atoms with van der Waals surface area (Å²) in [6, 6.07) is 27.1. The normalized spacial score (nSPS) is 16.5. The number of H-pyrrole nitrogens is 2. The van der Waals surface area contributed by atoms with Crippen molar-refractivity contribution in [2.24, 2.45) is 0 Å². The quantitative estimate of drug-likeness (QED) is 0.155. The number of fused-ring (bicyclic) bond motifs is 2. The van der Waals surface area contributed by atoms with E-state index in [-0.39, 0.29) is 48.1 Å². The highest BCUT2D eigenvalue weighted by atomic mass is 16.4. The minimum absolute atomic E-state index is 0.163. The molecule has 59 heavy (non-hydrogen) atoms. The van der Waals surface area contributed by atoms with Crippen LogP contribution in [0.15, 0.2) is 117 Å². The molecule has 16 heteroatoms. The predicted molar refractivity (Wildman–Crippen MR) is 219 cm³/mol. The Kier molecular flexibility index (Phi) is 9.72. The lowest BCUT2D eigenvalue weighted by atomic mass is 10.1. The van der Waals surface area contributed by atoms with Crippen LogP contribution in [0.4, 0.5) is 11.4 Å². The monoisotopic (exact) mass is 793 g/mol. The largest absolute Gasteiger partial charge is 0.436 e. The predicted octanol–water partition coefficient (Wildman–Crippen LogP) is 4.55. The number of imidazole rings is 2. The average molecular weight is 794 g/mol. The van der Waals surface area contributed by atoms with Gasteiger partial charge in [-0.05, 0) is 98.5 Å². The number of carbonyl (C=O) groups excluding carboxylic acids is 4. The Morgan fingerprint density at radius 2 is 1.08 bits per heavy atom. The van der Waals surface area contributed by atoms with Gasteiger partial charge in [0.1, 0.15) is 25.2 Å². The first-order valence-corrected chi connectivity index (χ1v) is 19.4. The molecule has 2 fully saturated rings. The third-order valence-corrected chi connectivity index (χ3v) is 11.0. The van der Waals surface area contributed by atoms with Crippen molar-refractivity contribution in [2.75, 3.05) is 23.7 Å². The van der Waals surface area contributed by atoms with E-state index in [9.17, 15) is 28.8 Å². The molecular weight excluding hydrogens is 755 g/mol. The van der Waals surface area contributed by atoms with E-state index in [1.807, 2.05) is 12.1 Å². The Hall–Kier alpha value is -7.49. The highest BCUT2D eigenvalue weighted by Crippen LogP contribution is 2.29. The summed E-state index contributed by atoms with van der Waals surface area (Å²) in [6.45, 7) is 0.529. The number of likely N-dealkylation sites (tertiary alicyclic amines) is 2. The minimum Gasteiger partial charge on any atom is -0.436 e. The number of para-hydroxylation sites is 4. The fraction of sp³-hybridized carbons (Fsp3) is 0.233. The fourth-order valence-electron chi connectivity index (χ4n) is 8.06. The molecule has 3 aromatic heterocycles. The highest BCUT2D eigenvalue weighted by Gasteiger charge is 2.36. The molecule has 4 amide bonds. The number of nitrogens with zero attached hydrogens (tertiary/aromatic N) is 5. The molecule has 0 saturated carbocycles. The van der Waals surface area contributed by atoms with E-state index in [1.165, 1.54) is 14.0 Å². The van der Waals surface area contributed by atoms with E-state index < -0.39 is 12.1 Å². The van der Waals surface area contributed by atoms with E-state index in [0.717, 1.165) is 5.56 Å². The van der Waals surface area contributed by atoms with Crippen LogP contribution in [0.3, 0.4) is 0 Å². The number of hydrogen-bond acceptors (Lipinski definition) is 8. The molecule has 2 atom stereocenters. The smallest absolute Gasteiger partial charge is 0.326 e. The lowest BCUT2D eigenvalue weighted by Gasteiger charge is -2.24. The number of carbonyl (C=O) groups is 4. The number of rotatable bonds is 10. The van der Waals surface area contributed by atoms with E-state index in [1.54, 1.807) is 96.0 Å². The second-order valence-electron chi connectivity index (χ2n) is 14.7. The van der Waals surface area contributed by atoms with E-state index in [2.05, 4.69) is 25.6 Å². The van der Waals surface area contributed by atoms with Crippen molar-refractivity contribution in [1.82, 2.24) is 33.9 Å². The molecule has 2 unspecified atom stereocenters. The first-order valence-electron chi connectivity index (χ1n) is 19.4.